The van der Waals surface area contributed by atoms with E-state index in [0.29, 0.717) is 29.8 Å². The van der Waals surface area contributed by atoms with Gasteiger partial charge in [0.1, 0.15) is 5.82 Å². The third kappa shape index (κ3) is 4.68. The van der Waals surface area contributed by atoms with Crippen LogP contribution in [0, 0.1) is 6.92 Å². The monoisotopic (exact) mass is 328 g/mol. The van der Waals surface area contributed by atoms with E-state index in [0.717, 1.165) is 17.9 Å². The fraction of sp³-hybridized carbons (Fsp3) is 0.389. The standard InChI is InChI=1S/C18H24N4O2/c1-5-12(3)19-16-11-13(4)20-18(22-16)21-15-10-8-7-9-14(15)17(23)24-6-2/h7-12H,5-6H2,1-4H3,(H2,19,20,21,22). The number of nitrogens with zero attached hydrogens (tertiary/aromatic N) is 2. The first-order valence-corrected chi connectivity index (χ1v) is 8.18. The summed E-state index contributed by atoms with van der Waals surface area (Å²) >= 11 is 0. The maximum absolute atomic E-state index is 12.1. The van der Waals surface area contributed by atoms with Crippen LogP contribution in [0.4, 0.5) is 17.5 Å². The summed E-state index contributed by atoms with van der Waals surface area (Å²) in [6.45, 7) is 8.23. The lowest BCUT2D eigenvalue weighted by Crippen LogP contribution is -2.15. The molecule has 1 aromatic heterocycles. The van der Waals surface area contributed by atoms with Gasteiger partial charge in [0.25, 0.3) is 0 Å². The molecule has 0 aliphatic heterocycles. The largest absolute Gasteiger partial charge is 0.462 e. The van der Waals surface area contributed by atoms with Crippen LogP contribution in [0.2, 0.25) is 0 Å². The first-order valence-electron chi connectivity index (χ1n) is 8.18. The minimum Gasteiger partial charge on any atom is -0.462 e. The Morgan fingerprint density at radius 2 is 2.00 bits per heavy atom. The summed E-state index contributed by atoms with van der Waals surface area (Å²) in [5.41, 5.74) is 1.92. The van der Waals surface area contributed by atoms with Crippen LogP contribution in [0.5, 0.6) is 0 Å². The van der Waals surface area contributed by atoms with Gasteiger partial charge >= 0.3 is 5.97 Å². The SMILES string of the molecule is CCOC(=O)c1ccccc1Nc1nc(C)cc(NC(C)CC)n1. The number of esters is 1. The smallest absolute Gasteiger partial charge is 0.340 e. The van der Waals surface area contributed by atoms with Gasteiger partial charge in [0.15, 0.2) is 0 Å². The van der Waals surface area contributed by atoms with Crippen molar-refractivity contribution in [1.82, 2.24) is 9.97 Å². The van der Waals surface area contributed by atoms with Gasteiger partial charge in [-0.25, -0.2) is 9.78 Å². The van der Waals surface area contributed by atoms with Gasteiger partial charge in [-0.1, -0.05) is 19.1 Å². The highest BCUT2D eigenvalue weighted by Gasteiger charge is 2.13. The van der Waals surface area contributed by atoms with Crippen LogP contribution in [0.3, 0.4) is 0 Å². The van der Waals surface area contributed by atoms with Crippen molar-refractivity contribution >= 4 is 23.4 Å². The Morgan fingerprint density at radius 3 is 2.71 bits per heavy atom. The summed E-state index contributed by atoms with van der Waals surface area (Å²) in [5.74, 6) is 0.830. The normalized spacial score (nSPS) is 11.7. The molecule has 0 saturated heterocycles. The third-order valence-electron chi connectivity index (χ3n) is 3.53. The lowest BCUT2D eigenvalue weighted by Gasteiger charge is -2.15. The van der Waals surface area contributed by atoms with E-state index < -0.39 is 0 Å². The molecular weight excluding hydrogens is 304 g/mol. The second-order valence-electron chi connectivity index (χ2n) is 5.56. The van der Waals surface area contributed by atoms with E-state index in [1.165, 1.54) is 0 Å². The van der Waals surface area contributed by atoms with Gasteiger partial charge < -0.3 is 15.4 Å². The Labute approximate surface area is 142 Å². The number of aromatic nitrogens is 2. The molecule has 2 aromatic rings. The van der Waals surface area contributed by atoms with E-state index in [1.54, 1.807) is 25.1 Å². The number of rotatable bonds is 7. The molecular formula is C18H24N4O2. The zero-order chi connectivity index (χ0) is 17.5. The fourth-order valence-corrected chi connectivity index (χ4v) is 2.15. The topological polar surface area (TPSA) is 76.1 Å². The van der Waals surface area contributed by atoms with Crippen molar-refractivity contribution in [3.63, 3.8) is 0 Å². The number of aryl methyl sites for hydroxylation is 1. The molecule has 0 spiro atoms. The molecule has 24 heavy (non-hydrogen) atoms. The van der Waals surface area contributed by atoms with Crippen molar-refractivity contribution < 1.29 is 9.53 Å². The van der Waals surface area contributed by atoms with Gasteiger partial charge in [-0.05, 0) is 39.3 Å². The van der Waals surface area contributed by atoms with E-state index >= 15 is 0 Å². The molecule has 1 atom stereocenters. The Morgan fingerprint density at radius 1 is 1.25 bits per heavy atom. The zero-order valence-electron chi connectivity index (χ0n) is 14.6. The molecule has 0 fully saturated rings. The van der Waals surface area contributed by atoms with Crippen molar-refractivity contribution in [1.29, 1.82) is 0 Å². The second-order valence-corrected chi connectivity index (χ2v) is 5.56. The average molecular weight is 328 g/mol. The van der Waals surface area contributed by atoms with E-state index in [2.05, 4.69) is 34.4 Å². The summed E-state index contributed by atoms with van der Waals surface area (Å²) in [6.07, 6.45) is 0.998. The lowest BCUT2D eigenvalue weighted by atomic mass is 10.2. The maximum Gasteiger partial charge on any atom is 0.340 e. The van der Waals surface area contributed by atoms with Crippen LogP contribution < -0.4 is 10.6 Å². The van der Waals surface area contributed by atoms with Crippen molar-refractivity contribution in [3.05, 3.63) is 41.6 Å². The molecule has 0 saturated carbocycles. The van der Waals surface area contributed by atoms with Crippen molar-refractivity contribution in [2.45, 2.75) is 40.2 Å². The second kappa shape index (κ2) is 8.29. The van der Waals surface area contributed by atoms with Gasteiger partial charge in [0.2, 0.25) is 5.95 Å². The fourth-order valence-electron chi connectivity index (χ4n) is 2.15. The Kier molecular flexibility index (Phi) is 6.12. The highest BCUT2D eigenvalue weighted by molar-refractivity contribution is 5.96. The van der Waals surface area contributed by atoms with Crippen molar-refractivity contribution in [2.75, 3.05) is 17.2 Å². The predicted molar refractivity (Wildman–Crippen MR) is 95.8 cm³/mol. The lowest BCUT2D eigenvalue weighted by molar-refractivity contribution is 0.0527. The Bertz CT molecular complexity index is 703. The molecule has 0 aliphatic carbocycles. The van der Waals surface area contributed by atoms with Gasteiger partial charge in [0, 0.05) is 17.8 Å². The van der Waals surface area contributed by atoms with E-state index in [4.69, 9.17) is 4.74 Å². The highest BCUT2D eigenvalue weighted by atomic mass is 16.5. The van der Waals surface area contributed by atoms with Gasteiger partial charge in [-0.3, -0.25) is 0 Å². The average Bonchev–Trinajstić information content (AvgIpc) is 2.54. The minimum atomic E-state index is -0.369. The summed E-state index contributed by atoms with van der Waals surface area (Å²) in [6, 6.07) is 9.38. The Hall–Kier alpha value is -2.63. The number of carbonyl (C=O) groups excluding carboxylic acids is 1. The maximum atomic E-state index is 12.1. The molecule has 0 amide bonds. The van der Waals surface area contributed by atoms with Gasteiger partial charge in [-0.15, -0.1) is 0 Å². The molecule has 1 heterocycles. The van der Waals surface area contributed by atoms with Crippen molar-refractivity contribution in [3.8, 4) is 0 Å². The molecule has 0 aliphatic rings. The van der Waals surface area contributed by atoms with E-state index in [1.807, 2.05) is 19.1 Å². The zero-order valence-corrected chi connectivity index (χ0v) is 14.6. The van der Waals surface area contributed by atoms with Crippen LogP contribution >= 0.6 is 0 Å². The number of para-hydroxylation sites is 1. The molecule has 0 bridgehead atoms. The van der Waals surface area contributed by atoms with Gasteiger partial charge in [-0.2, -0.15) is 4.98 Å². The van der Waals surface area contributed by atoms with Crippen molar-refractivity contribution in [2.24, 2.45) is 0 Å². The molecule has 0 radical (unpaired) electrons. The Balaban J connectivity index is 2.27. The number of nitrogens with one attached hydrogen (secondary N) is 2. The quantitative estimate of drug-likeness (QED) is 0.750. The summed E-state index contributed by atoms with van der Waals surface area (Å²) in [5, 5.41) is 6.45. The summed E-state index contributed by atoms with van der Waals surface area (Å²) < 4.78 is 5.09. The minimum absolute atomic E-state index is 0.318. The van der Waals surface area contributed by atoms with E-state index in [9.17, 15) is 4.79 Å². The highest BCUT2D eigenvalue weighted by Crippen LogP contribution is 2.21. The predicted octanol–water partition coefficient (Wildman–Crippen LogP) is 3.92. The van der Waals surface area contributed by atoms with Crippen LogP contribution in [0.1, 0.15) is 43.2 Å². The van der Waals surface area contributed by atoms with Crippen LogP contribution in [0.15, 0.2) is 30.3 Å². The molecule has 6 nitrogen and oxygen atoms in total. The number of anilines is 3. The summed E-state index contributed by atoms with van der Waals surface area (Å²) in [7, 11) is 0. The third-order valence-corrected chi connectivity index (χ3v) is 3.53. The van der Waals surface area contributed by atoms with E-state index in [-0.39, 0.29) is 5.97 Å². The number of carbonyl (C=O) groups is 1. The molecule has 6 heteroatoms. The van der Waals surface area contributed by atoms with Crippen LogP contribution in [-0.2, 0) is 4.74 Å². The molecule has 2 rings (SSSR count). The number of ether oxygens (including phenoxy) is 1. The summed E-state index contributed by atoms with van der Waals surface area (Å²) in [4.78, 5) is 20.9. The van der Waals surface area contributed by atoms with Crippen LogP contribution in [-0.4, -0.2) is 28.6 Å². The van der Waals surface area contributed by atoms with Gasteiger partial charge in [0.05, 0.1) is 17.9 Å². The number of hydrogen-bond donors (Lipinski definition) is 2. The number of benzene rings is 1. The van der Waals surface area contributed by atoms with Crippen LogP contribution in [0.25, 0.3) is 0 Å². The first-order chi connectivity index (χ1) is 11.5. The molecule has 1 unspecified atom stereocenters. The first kappa shape index (κ1) is 17.7. The molecule has 128 valence electrons. The number of hydrogen-bond acceptors (Lipinski definition) is 6. The molecule has 2 N–H and O–H groups in total. The molecule has 1 aromatic carbocycles.